The molecule has 0 spiro atoms. The molecule has 1 aromatic heterocycles. The molecule has 0 saturated heterocycles. The van der Waals surface area contributed by atoms with Crippen LogP contribution in [0.5, 0.6) is 0 Å². The average molecular weight is 302 g/mol. The lowest BCUT2D eigenvalue weighted by Gasteiger charge is -2.58. The first-order valence-corrected chi connectivity index (χ1v) is 8.72. The number of rotatable bonds is 3. The molecule has 2 saturated carbocycles. The van der Waals surface area contributed by atoms with Crippen molar-refractivity contribution in [1.82, 2.24) is 0 Å². The first-order chi connectivity index (χ1) is 10.4. The topological polar surface area (TPSA) is 33.4 Å². The van der Waals surface area contributed by atoms with E-state index >= 15 is 0 Å². The second kappa shape index (κ2) is 5.56. The number of fused-ring (bicyclic) bond motifs is 1. The van der Waals surface area contributed by atoms with Crippen LogP contribution in [0.3, 0.4) is 0 Å². The quantitative estimate of drug-likeness (QED) is 0.787. The number of aliphatic hydroxyl groups is 1. The largest absolute Gasteiger partial charge is 0.469 e. The molecule has 0 radical (unpaired) electrons. The molecule has 0 unspecified atom stereocenters. The number of hydrogen-bond acceptors (Lipinski definition) is 2. The van der Waals surface area contributed by atoms with Crippen LogP contribution in [0, 0.1) is 22.7 Å². The summed E-state index contributed by atoms with van der Waals surface area (Å²) in [4.78, 5) is 0. The van der Waals surface area contributed by atoms with Gasteiger partial charge in [0.1, 0.15) is 5.76 Å². The first kappa shape index (κ1) is 15.9. The van der Waals surface area contributed by atoms with Crippen LogP contribution in [0.4, 0.5) is 0 Å². The third-order valence-electron chi connectivity index (χ3n) is 6.72. The maximum absolute atomic E-state index is 9.50. The van der Waals surface area contributed by atoms with E-state index < -0.39 is 0 Å². The SMILES string of the molecule is C=C1CC[C@H]2C(C)(C)CCC[C@]2(C)[C@H]1Cc1occc1CO. The zero-order chi connectivity index (χ0) is 16.0. The molecule has 0 amide bonds. The maximum Gasteiger partial charge on any atom is 0.109 e. The van der Waals surface area contributed by atoms with E-state index in [2.05, 4.69) is 27.4 Å². The summed E-state index contributed by atoms with van der Waals surface area (Å²) in [6, 6.07) is 1.89. The third-order valence-corrected chi connectivity index (χ3v) is 6.72. The van der Waals surface area contributed by atoms with Gasteiger partial charge < -0.3 is 9.52 Å². The highest BCUT2D eigenvalue weighted by Gasteiger charge is 2.52. The lowest BCUT2D eigenvalue weighted by atomic mass is 9.47. The van der Waals surface area contributed by atoms with Crippen molar-refractivity contribution in [2.45, 2.75) is 65.9 Å². The van der Waals surface area contributed by atoms with E-state index in [1.807, 2.05) is 6.07 Å². The van der Waals surface area contributed by atoms with E-state index in [0.29, 0.717) is 16.7 Å². The van der Waals surface area contributed by atoms with Crippen LogP contribution >= 0.6 is 0 Å². The molecule has 2 aliphatic rings. The highest BCUT2D eigenvalue weighted by molar-refractivity contribution is 5.23. The maximum atomic E-state index is 9.50. The lowest BCUT2D eigenvalue weighted by molar-refractivity contribution is -0.0529. The number of allylic oxidation sites excluding steroid dienone is 1. The van der Waals surface area contributed by atoms with Crippen LogP contribution in [-0.4, -0.2) is 5.11 Å². The van der Waals surface area contributed by atoms with E-state index in [4.69, 9.17) is 4.42 Å². The van der Waals surface area contributed by atoms with Crippen LogP contribution in [-0.2, 0) is 13.0 Å². The predicted octanol–water partition coefficient (Wildman–Crippen LogP) is 5.11. The molecular formula is C20H30O2. The number of hydrogen-bond donors (Lipinski definition) is 1. The van der Waals surface area contributed by atoms with Crippen molar-refractivity contribution in [3.63, 3.8) is 0 Å². The minimum Gasteiger partial charge on any atom is -0.469 e. The van der Waals surface area contributed by atoms with E-state index in [1.165, 1.54) is 31.3 Å². The Balaban J connectivity index is 1.92. The molecular weight excluding hydrogens is 272 g/mol. The van der Waals surface area contributed by atoms with Crippen LogP contribution < -0.4 is 0 Å². The normalized spacial score (nSPS) is 34.5. The summed E-state index contributed by atoms with van der Waals surface area (Å²) in [6.07, 6.45) is 8.97. The van der Waals surface area contributed by atoms with Crippen molar-refractivity contribution >= 4 is 0 Å². The van der Waals surface area contributed by atoms with Gasteiger partial charge >= 0.3 is 0 Å². The Morgan fingerprint density at radius 1 is 1.32 bits per heavy atom. The van der Waals surface area contributed by atoms with E-state index in [-0.39, 0.29) is 6.61 Å². The molecule has 2 nitrogen and oxygen atoms in total. The summed E-state index contributed by atoms with van der Waals surface area (Å²) < 4.78 is 5.68. The molecule has 2 fully saturated rings. The lowest BCUT2D eigenvalue weighted by Crippen LogP contribution is -2.50. The summed E-state index contributed by atoms with van der Waals surface area (Å²) in [7, 11) is 0. The summed E-state index contributed by atoms with van der Waals surface area (Å²) in [5.74, 6) is 2.19. The molecule has 0 bridgehead atoms. The third kappa shape index (κ3) is 2.46. The minimum atomic E-state index is 0.0661. The standard InChI is InChI=1S/C20H30O2/c1-14-6-7-18-19(2,3)9-5-10-20(18,4)16(14)12-17-15(13-21)8-11-22-17/h8,11,16,18,21H,1,5-7,9-10,12-13H2,2-4H3/t16-,18-,20+/m0/s1. The Labute approximate surface area is 134 Å². The molecule has 1 N–H and O–H groups in total. The molecule has 2 aliphatic carbocycles. The summed E-state index contributed by atoms with van der Waals surface area (Å²) >= 11 is 0. The van der Waals surface area contributed by atoms with Crippen molar-refractivity contribution in [3.8, 4) is 0 Å². The molecule has 0 aromatic carbocycles. The van der Waals surface area contributed by atoms with E-state index in [9.17, 15) is 5.11 Å². The molecule has 1 aromatic rings. The molecule has 22 heavy (non-hydrogen) atoms. The smallest absolute Gasteiger partial charge is 0.109 e. The van der Waals surface area contributed by atoms with Gasteiger partial charge in [0.15, 0.2) is 0 Å². The molecule has 122 valence electrons. The zero-order valence-corrected chi connectivity index (χ0v) is 14.3. The summed E-state index contributed by atoms with van der Waals surface area (Å²) in [5, 5.41) is 9.50. The Hall–Kier alpha value is -1.02. The molecule has 0 aliphatic heterocycles. The zero-order valence-electron chi connectivity index (χ0n) is 14.3. The van der Waals surface area contributed by atoms with Gasteiger partial charge in [0.25, 0.3) is 0 Å². The fourth-order valence-corrected chi connectivity index (χ4v) is 5.52. The Bertz CT molecular complexity index is 554. The van der Waals surface area contributed by atoms with Crippen LogP contribution in [0.2, 0.25) is 0 Å². The molecule has 3 rings (SSSR count). The van der Waals surface area contributed by atoms with Crippen molar-refractivity contribution in [1.29, 1.82) is 0 Å². The summed E-state index contributed by atoms with van der Waals surface area (Å²) in [5.41, 5.74) is 3.07. The molecule has 2 heteroatoms. The second-order valence-corrected chi connectivity index (χ2v) is 8.38. The second-order valence-electron chi connectivity index (χ2n) is 8.38. The van der Waals surface area contributed by atoms with Crippen molar-refractivity contribution in [2.75, 3.05) is 0 Å². The van der Waals surface area contributed by atoms with Gasteiger partial charge in [0.2, 0.25) is 0 Å². The Kier molecular flexibility index (Phi) is 4.01. The highest BCUT2D eigenvalue weighted by Crippen LogP contribution is 2.61. The van der Waals surface area contributed by atoms with E-state index in [0.717, 1.165) is 30.1 Å². The van der Waals surface area contributed by atoms with E-state index in [1.54, 1.807) is 6.26 Å². The van der Waals surface area contributed by atoms with Gasteiger partial charge in [-0.1, -0.05) is 39.3 Å². The van der Waals surface area contributed by atoms with Gasteiger partial charge in [0.05, 0.1) is 12.9 Å². The number of furan rings is 1. The molecule has 3 atom stereocenters. The highest BCUT2D eigenvalue weighted by atomic mass is 16.3. The molecule has 1 heterocycles. The first-order valence-electron chi connectivity index (χ1n) is 8.72. The van der Waals surface area contributed by atoms with Crippen molar-refractivity contribution < 1.29 is 9.52 Å². The summed E-state index contributed by atoms with van der Waals surface area (Å²) in [6.45, 7) is 11.9. The van der Waals surface area contributed by atoms with Crippen molar-refractivity contribution in [3.05, 3.63) is 35.8 Å². The van der Waals surface area contributed by atoms with Crippen LogP contribution in [0.25, 0.3) is 0 Å². The van der Waals surface area contributed by atoms with Gasteiger partial charge in [-0.05, 0) is 54.4 Å². The monoisotopic (exact) mass is 302 g/mol. The van der Waals surface area contributed by atoms with Crippen LogP contribution in [0.15, 0.2) is 28.9 Å². The van der Waals surface area contributed by atoms with Gasteiger partial charge in [-0.2, -0.15) is 0 Å². The average Bonchev–Trinajstić information content (AvgIpc) is 2.89. The van der Waals surface area contributed by atoms with Gasteiger partial charge in [-0.3, -0.25) is 0 Å². The minimum absolute atomic E-state index is 0.0661. The fraction of sp³-hybridized carbons (Fsp3) is 0.700. The fourth-order valence-electron chi connectivity index (χ4n) is 5.52. The predicted molar refractivity (Wildman–Crippen MR) is 89.4 cm³/mol. The van der Waals surface area contributed by atoms with Crippen molar-refractivity contribution in [2.24, 2.45) is 22.7 Å². The number of aliphatic hydroxyl groups excluding tert-OH is 1. The van der Waals surface area contributed by atoms with Crippen LogP contribution in [0.1, 0.15) is 64.2 Å². The van der Waals surface area contributed by atoms with Gasteiger partial charge in [-0.25, -0.2) is 0 Å². The Morgan fingerprint density at radius 3 is 2.82 bits per heavy atom. The van der Waals surface area contributed by atoms with Gasteiger partial charge in [0, 0.05) is 12.0 Å². The Morgan fingerprint density at radius 2 is 2.09 bits per heavy atom. The van der Waals surface area contributed by atoms with Gasteiger partial charge in [-0.15, -0.1) is 0 Å².